The van der Waals surface area contributed by atoms with Crippen LogP contribution in [0.2, 0.25) is 0 Å². The molecule has 0 saturated carbocycles. The highest BCUT2D eigenvalue weighted by atomic mass is 16.4. The van der Waals surface area contributed by atoms with Crippen LogP contribution >= 0.6 is 0 Å². The minimum absolute atomic E-state index is 0. The summed E-state index contributed by atoms with van der Waals surface area (Å²) >= 11 is 0. The van der Waals surface area contributed by atoms with Gasteiger partial charge in [-0.1, -0.05) is 36.4 Å². The Balaban J connectivity index is 0.000000324. The number of benzene rings is 2. The summed E-state index contributed by atoms with van der Waals surface area (Å²) < 4.78 is 0. The second-order valence-corrected chi connectivity index (χ2v) is 3.34. The maximum absolute atomic E-state index is 10.2. The molecule has 2 aromatic carbocycles. The molecule has 0 saturated heterocycles. The quantitative estimate of drug-likeness (QED) is 0.769. The van der Waals surface area contributed by atoms with Gasteiger partial charge in [0.1, 0.15) is 0 Å². The lowest BCUT2D eigenvalue weighted by molar-refractivity contribution is 0.0686. The van der Waals surface area contributed by atoms with Crippen LogP contribution in [-0.2, 0) is 0 Å². The van der Waals surface area contributed by atoms with Crippen molar-refractivity contribution >= 4 is 11.9 Å². The summed E-state index contributed by atoms with van der Waals surface area (Å²) in [7, 11) is 0. The van der Waals surface area contributed by atoms with E-state index in [1.165, 1.54) is 0 Å². The first kappa shape index (κ1) is 16.3. The van der Waals surface area contributed by atoms with E-state index in [1.54, 1.807) is 60.7 Å². The Labute approximate surface area is 110 Å². The van der Waals surface area contributed by atoms with Gasteiger partial charge >= 0.3 is 11.9 Å². The largest absolute Gasteiger partial charge is 0.478 e. The lowest BCUT2D eigenvalue weighted by atomic mass is 10.2. The number of carboxylic acid groups (broad SMARTS) is 2. The number of hydrogen-bond donors (Lipinski definition) is 3. The summed E-state index contributed by atoms with van der Waals surface area (Å²) in [6.07, 6.45) is 0. The third-order valence-electron chi connectivity index (χ3n) is 2.04. The fourth-order valence-electron chi connectivity index (χ4n) is 1.16. The first-order chi connectivity index (χ1) is 8.61. The topological polar surface area (TPSA) is 110 Å². The average molecular weight is 261 g/mol. The van der Waals surface area contributed by atoms with Crippen molar-refractivity contribution < 1.29 is 19.8 Å². The zero-order chi connectivity index (χ0) is 13.4. The fourth-order valence-corrected chi connectivity index (χ4v) is 1.16. The first-order valence-electron chi connectivity index (χ1n) is 5.18. The molecule has 0 heterocycles. The van der Waals surface area contributed by atoms with E-state index in [0.717, 1.165) is 0 Å². The fraction of sp³-hybridized carbons (Fsp3) is 0. The molecule has 0 fully saturated rings. The average Bonchev–Trinajstić information content (AvgIpc) is 2.41. The van der Waals surface area contributed by atoms with Crippen molar-refractivity contribution in [3.8, 4) is 0 Å². The number of rotatable bonds is 2. The molecule has 5 heteroatoms. The molecule has 0 aromatic heterocycles. The summed E-state index contributed by atoms with van der Waals surface area (Å²) in [6, 6.07) is 16.6. The minimum atomic E-state index is -0.879. The molecule has 0 spiro atoms. The van der Waals surface area contributed by atoms with E-state index < -0.39 is 11.9 Å². The van der Waals surface area contributed by atoms with E-state index in [-0.39, 0.29) is 6.15 Å². The minimum Gasteiger partial charge on any atom is -0.478 e. The van der Waals surface area contributed by atoms with Crippen LogP contribution in [0.5, 0.6) is 0 Å². The molecular formula is C14H15NO4. The van der Waals surface area contributed by atoms with Crippen LogP contribution in [0.25, 0.3) is 0 Å². The highest BCUT2D eigenvalue weighted by Crippen LogP contribution is 1.96. The highest BCUT2D eigenvalue weighted by Gasteiger charge is 1.97. The van der Waals surface area contributed by atoms with Crippen LogP contribution in [-0.4, -0.2) is 22.2 Å². The number of carboxylic acids is 2. The molecular weight excluding hydrogens is 246 g/mol. The Morgan fingerprint density at radius 1 is 0.632 bits per heavy atom. The smallest absolute Gasteiger partial charge is 0.335 e. The molecule has 0 radical (unpaired) electrons. The predicted molar refractivity (Wildman–Crippen MR) is 71.8 cm³/mol. The Morgan fingerprint density at radius 3 is 1.05 bits per heavy atom. The van der Waals surface area contributed by atoms with Crippen LogP contribution in [0.4, 0.5) is 0 Å². The van der Waals surface area contributed by atoms with Gasteiger partial charge in [0.25, 0.3) is 0 Å². The van der Waals surface area contributed by atoms with E-state index in [2.05, 4.69) is 0 Å². The van der Waals surface area contributed by atoms with Crippen LogP contribution in [0.3, 0.4) is 0 Å². The molecule has 5 N–H and O–H groups in total. The van der Waals surface area contributed by atoms with Crippen molar-refractivity contribution in [2.45, 2.75) is 0 Å². The van der Waals surface area contributed by atoms with Gasteiger partial charge in [-0.25, -0.2) is 9.59 Å². The van der Waals surface area contributed by atoms with Crippen molar-refractivity contribution in [1.82, 2.24) is 6.15 Å². The second kappa shape index (κ2) is 8.43. The number of carbonyl (C=O) groups is 2. The van der Waals surface area contributed by atoms with Crippen molar-refractivity contribution in [2.24, 2.45) is 0 Å². The van der Waals surface area contributed by atoms with Crippen LogP contribution in [0, 0.1) is 0 Å². The van der Waals surface area contributed by atoms with Crippen molar-refractivity contribution in [3.05, 3.63) is 71.8 Å². The zero-order valence-corrected chi connectivity index (χ0v) is 10.2. The maximum atomic E-state index is 10.2. The van der Waals surface area contributed by atoms with Crippen LogP contribution in [0.1, 0.15) is 20.7 Å². The summed E-state index contributed by atoms with van der Waals surface area (Å²) in [5.74, 6) is -1.76. The lowest BCUT2D eigenvalue weighted by Crippen LogP contribution is -1.93. The summed E-state index contributed by atoms with van der Waals surface area (Å²) in [5.41, 5.74) is 0.662. The zero-order valence-electron chi connectivity index (χ0n) is 10.2. The monoisotopic (exact) mass is 261 g/mol. The van der Waals surface area contributed by atoms with E-state index in [4.69, 9.17) is 10.2 Å². The molecule has 0 bridgehead atoms. The molecule has 2 aromatic rings. The molecule has 0 aliphatic carbocycles. The number of aromatic carboxylic acids is 2. The summed E-state index contributed by atoms with van der Waals surface area (Å²) in [5, 5.41) is 16.8. The van der Waals surface area contributed by atoms with Crippen LogP contribution < -0.4 is 6.15 Å². The van der Waals surface area contributed by atoms with Crippen LogP contribution in [0.15, 0.2) is 60.7 Å². The van der Waals surface area contributed by atoms with Gasteiger partial charge in [0.15, 0.2) is 0 Å². The van der Waals surface area contributed by atoms with Gasteiger partial charge in [-0.2, -0.15) is 0 Å². The number of hydrogen-bond acceptors (Lipinski definition) is 3. The van der Waals surface area contributed by atoms with E-state index in [1.807, 2.05) is 0 Å². The molecule has 0 amide bonds. The van der Waals surface area contributed by atoms with Crippen molar-refractivity contribution in [2.75, 3.05) is 0 Å². The lowest BCUT2D eigenvalue weighted by Gasteiger charge is -1.88. The summed E-state index contributed by atoms with van der Waals surface area (Å²) in [4.78, 5) is 20.4. The van der Waals surface area contributed by atoms with Crippen molar-refractivity contribution in [1.29, 1.82) is 0 Å². The molecule has 0 unspecified atom stereocenters. The Bertz CT molecular complexity index is 462. The SMILES string of the molecule is N.O=C(O)c1ccccc1.O=C(O)c1ccccc1. The van der Waals surface area contributed by atoms with Gasteiger partial charge in [0, 0.05) is 0 Å². The first-order valence-corrected chi connectivity index (χ1v) is 5.18. The third-order valence-corrected chi connectivity index (χ3v) is 2.04. The summed E-state index contributed by atoms with van der Waals surface area (Å²) in [6.45, 7) is 0. The highest BCUT2D eigenvalue weighted by molar-refractivity contribution is 5.87. The molecule has 0 atom stereocenters. The van der Waals surface area contributed by atoms with E-state index >= 15 is 0 Å². The second-order valence-electron chi connectivity index (χ2n) is 3.34. The third kappa shape index (κ3) is 5.99. The van der Waals surface area contributed by atoms with E-state index in [0.29, 0.717) is 11.1 Å². The Morgan fingerprint density at radius 2 is 0.895 bits per heavy atom. The Hall–Kier alpha value is -2.66. The molecule has 0 aliphatic heterocycles. The van der Waals surface area contributed by atoms with Gasteiger partial charge < -0.3 is 16.4 Å². The predicted octanol–water partition coefficient (Wildman–Crippen LogP) is 2.93. The Kier molecular flexibility index (Phi) is 7.25. The van der Waals surface area contributed by atoms with Gasteiger partial charge in [-0.05, 0) is 24.3 Å². The van der Waals surface area contributed by atoms with Gasteiger partial charge in [-0.3, -0.25) is 0 Å². The van der Waals surface area contributed by atoms with Gasteiger partial charge in [0.2, 0.25) is 0 Å². The van der Waals surface area contributed by atoms with E-state index in [9.17, 15) is 9.59 Å². The normalized spacial score (nSPS) is 8.42. The maximum Gasteiger partial charge on any atom is 0.335 e. The molecule has 100 valence electrons. The molecule has 2 rings (SSSR count). The molecule has 5 nitrogen and oxygen atoms in total. The van der Waals surface area contributed by atoms with Gasteiger partial charge in [-0.15, -0.1) is 0 Å². The molecule has 19 heavy (non-hydrogen) atoms. The standard InChI is InChI=1S/2C7H6O2.H3N/c2*8-7(9)6-4-2-1-3-5-6;/h2*1-5H,(H,8,9);1H3. The molecule has 0 aliphatic rings. The van der Waals surface area contributed by atoms with Gasteiger partial charge in [0.05, 0.1) is 11.1 Å². The van der Waals surface area contributed by atoms with Crippen molar-refractivity contribution in [3.63, 3.8) is 0 Å².